The molecule has 1 N–H and O–H groups in total. The van der Waals surface area contributed by atoms with E-state index in [0.29, 0.717) is 11.7 Å². The Balaban J connectivity index is 1.40. The van der Waals surface area contributed by atoms with Gasteiger partial charge in [-0.05, 0) is 25.8 Å². The summed E-state index contributed by atoms with van der Waals surface area (Å²) in [5, 5.41) is 19.9. The molecule has 0 unspecified atom stereocenters. The van der Waals surface area contributed by atoms with Crippen LogP contribution in [-0.4, -0.2) is 38.1 Å². The normalized spacial score (nSPS) is 18.0. The molecular weight excluding hydrogens is 356 g/mol. The zero-order valence-electron chi connectivity index (χ0n) is 14.1. The van der Waals surface area contributed by atoms with Crippen LogP contribution in [0.4, 0.5) is 0 Å². The van der Waals surface area contributed by atoms with Crippen molar-refractivity contribution in [3.63, 3.8) is 0 Å². The first-order valence-corrected chi connectivity index (χ1v) is 9.79. The van der Waals surface area contributed by atoms with Gasteiger partial charge in [0.15, 0.2) is 0 Å². The van der Waals surface area contributed by atoms with E-state index >= 15 is 0 Å². The minimum absolute atomic E-state index is 0.356. The second-order valence-corrected chi connectivity index (χ2v) is 8.16. The van der Waals surface area contributed by atoms with Crippen LogP contribution in [0.1, 0.15) is 42.5 Å². The largest absolute Gasteiger partial charge is 0.387 e. The Morgan fingerprint density at radius 2 is 2.08 bits per heavy atom. The number of aliphatic hydroxyl groups is 1. The summed E-state index contributed by atoms with van der Waals surface area (Å²) in [6.07, 6.45) is 3.37. The van der Waals surface area contributed by atoms with E-state index in [1.54, 1.807) is 18.3 Å². The molecule has 2 aromatic heterocycles. The van der Waals surface area contributed by atoms with Crippen molar-refractivity contribution < 1.29 is 5.11 Å². The number of aromatic nitrogens is 3. The molecule has 0 bridgehead atoms. The molecule has 0 spiro atoms. The van der Waals surface area contributed by atoms with Gasteiger partial charge in [0, 0.05) is 34.6 Å². The number of thiophene rings is 1. The van der Waals surface area contributed by atoms with E-state index in [1.807, 2.05) is 16.9 Å². The first-order chi connectivity index (χ1) is 12.1. The van der Waals surface area contributed by atoms with Gasteiger partial charge in [-0.25, -0.2) is 4.68 Å². The summed E-state index contributed by atoms with van der Waals surface area (Å²) in [6, 6.07) is 8.68. The summed E-state index contributed by atoms with van der Waals surface area (Å²) in [4.78, 5) is 3.71. The predicted octanol–water partition coefficient (Wildman–Crippen LogP) is 4.04. The third-order valence-corrected chi connectivity index (χ3v) is 6.56. The Labute approximate surface area is 155 Å². The number of halogens is 1. The molecule has 4 rings (SSSR count). The molecule has 1 atom stereocenters. The van der Waals surface area contributed by atoms with Crippen molar-refractivity contribution in [3.05, 3.63) is 46.1 Å². The van der Waals surface area contributed by atoms with Gasteiger partial charge in [0.1, 0.15) is 5.69 Å². The van der Waals surface area contributed by atoms with E-state index < -0.39 is 6.10 Å². The van der Waals surface area contributed by atoms with Crippen LogP contribution in [0.25, 0.3) is 10.1 Å². The van der Waals surface area contributed by atoms with Crippen molar-refractivity contribution in [1.82, 2.24) is 19.9 Å². The fraction of sp³-hybridized carbons (Fsp3) is 0.444. The van der Waals surface area contributed by atoms with Gasteiger partial charge >= 0.3 is 0 Å². The van der Waals surface area contributed by atoms with Gasteiger partial charge in [0.05, 0.1) is 23.4 Å². The molecule has 3 heterocycles. The number of nitrogens with zero attached hydrogens (tertiary/aromatic N) is 4. The molecule has 0 amide bonds. The highest BCUT2D eigenvalue weighted by Crippen LogP contribution is 2.36. The topological polar surface area (TPSA) is 54.2 Å². The van der Waals surface area contributed by atoms with Crippen LogP contribution in [0.3, 0.4) is 0 Å². The molecule has 1 aliphatic rings. The van der Waals surface area contributed by atoms with Gasteiger partial charge < -0.3 is 5.11 Å². The van der Waals surface area contributed by atoms with Gasteiger partial charge in [0.2, 0.25) is 0 Å². The Kier molecular flexibility index (Phi) is 4.78. The van der Waals surface area contributed by atoms with Crippen LogP contribution in [0.15, 0.2) is 30.5 Å². The first-order valence-electron chi connectivity index (χ1n) is 8.60. The van der Waals surface area contributed by atoms with E-state index in [1.165, 1.54) is 9.58 Å². The molecule has 1 aromatic carbocycles. The van der Waals surface area contributed by atoms with E-state index in [4.69, 9.17) is 11.6 Å². The van der Waals surface area contributed by atoms with Crippen LogP contribution in [0, 0.1) is 0 Å². The molecular formula is C18H21ClN4OS. The standard InChI is InChI=1S/C18H21ClN4OS/c1-12(24)15-10-23(21-20-15)13-6-8-22(9-7-13)11-17-18(19)14-4-2-3-5-16(14)25-17/h2-5,10,12-13,24H,6-9,11H2,1H3/t12-/m1/s1. The predicted molar refractivity (Wildman–Crippen MR) is 101 cm³/mol. The number of piperidine rings is 1. The number of likely N-dealkylation sites (tertiary alicyclic amines) is 1. The Hall–Kier alpha value is -1.47. The lowest BCUT2D eigenvalue weighted by Crippen LogP contribution is -2.34. The molecule has 25 heavy (non-hydrogen) atoms. The minimum Gasteiger partial charge on any atom is -0.387 e. The van der Waals surface area contributed by atoms with Gasteiger partial charge in [-0.3, -0.25) is 4.90 Å². The van der Waals surface area contributed by atoms with E-state index in [2.05, 4.69) is 33.4 Å². The number of fused-ring (bicyclic) bond motifs is 1. The van der Waals surface area contributed by atoms with Crippen LogP contribution in [-0.2, 0) is 6.54 Å². The Morgan fingerprint density at radius 1 is 1.32 bits per heavy atom. The molecule has 0 saturated carbocycles. The monoisotopic (exact) mass is 376 g/mol. The van der Waals surface area contributed by atoms with E-state index in [0.717, 1.165) is 42.9 Å². The van der Waals surface area contributed by atoms with Crippen molar-refractivity contribution in [3.8, 4) is 0 Å². The van der Waals surface area contributed by atoms with Crippen LogP contribution < -0.4 is 0 Å². The molecule has 5 nitrogen and oxygen atoms in total. The van der Waals surface area contributed by atoms with Gasteiger partial charge in [-0.2, -0.15) is 0 Å². The third-order valence-electron chi connectivity index (χ3n) is 4.86. The SMILES string of the molecule is C[C@@H](O)c1cn(C2CCN(Cc3sc4ccccc4c3Cl)CC2)nn1. The number of hydrogen-bond acceptors (Lipinski definition) is 5. The average Bonchev–Trinajstić information content (AvgIpc) is 3.22. The highest BCUT2D eigenvalue weighted by atomic mass is 35.5. The minimum atomic E-state index is -0.566. The summed E-state index contributed by atoms with van der Waals surface area (Å²) in [5.41, 5.74) is 0.638. The summed E-state index contributed by atoms with van der Waals surface area (Å²) < 4.78 is 3.16. The smallest absolute Gasteiger partial charge is 0.111 e. The average molecular weight is 377 g/mol. The lowest BCUT2D eigenvalue weighted by molar-refractivity contribution is 0.173. The molecule has 1 saturated heterocycles. The van der Waals surface area contributed by atoms with Crippen LogP contribution in [0.5, 0.6) is 0 Å². The Bertz CT molecular complexity index is 867. The molecule has 7 heteroatoms. The van der Waals surface area contributed by atoms with Crippen molar-refractivity contribution in [2.45, 2.75) is 38.5 Å². The molecule has 0 aliphatic carbocycles. The van der Waals surface area contributed by atoms with Crippen LogP contribution in [0.2, 0.25) is 5.02 Å². The molecule has 3 aromatic rings. The van der Waals surface area contributed by atoms with Crippen molar-refractivity contribution in [2.75, 3.05) is 13.1 Å². The maximum Gasteiger partial charge on any atom is 0.111 e. The lowest BCUT2D eigenvalue weighted by Gasteiger charge is -2.31. The fourth-order valence-electron chi connectivity index (χ4n) is 3.37. The van der Waals surface area contributed by atoms with E-state index in [-0.39, 0.29) is 0 Å². The van der Waals surface area contributed by atoms with Crippen molar-refractivity contribution >= 4 is 33.0 Å². The summed E-state index contributed by atoms with van der Waals surface area (Å²) >= 11 is 8.36. The van der Waals surface area contributed by atoms with Crippen LogP contribution >= 0.6 is 22.9 Å². The van der Waals surface area contributed by atoms with Gasteiger partial charge in [0.25, 0.3) is 0 Å². The second kappa shape index (κ2) is 7.03. The Morgan fingerprint density at radius 3 is 2.76 bits per heavy atom. The molecule has 0 radical (unpaired) electrons. The highest BCUT2D eigenvalue weighted by Gasteiger charge is 2.23. The van der Waals surface area contributed by atoms with Crippen molar-refractivity contribution in [1.29, 1.82) is 0 Å². The third kappa shape index (κ3) is 3.44. The number of hydrogen-bond donors (Lipinski definition) is 1. The zero-order chi connectivity index (χ0) is 17.4. The van der Waals surface area contributed by atoms with E-state index in [9.17, 15) is 5.11 Å². The molecule has 132 valence electrons. The van der Waals surface area contributed by atoms with Gasteiger partial charge in [-0.15, -0.1) is 16.4 Å². The maximum absolute atomic E-state index is 9.59. The first kappa shape index (κ1) is 17.0. The fourth-order valence-corrected chi connectivity index (χ4v) is 4.91. The maximum atomic E-state index is 9.59. The van der Waals surface area contributed by atoms with Crippen molar-refractivity contribution in [2.24, 2.45) is 0 Å². The number of aliphatic hydroxyl groups excluding tert-OH is 1. The summed E-state index contributed by atoms with van der Waals surface area (Å²) in [6.45, 7) is 4.64. The molecule has 1 fully saturated rings. The number of benzene rings is 1. The summed E-state index contributed by atoms with van der Waals surface area (Å²) in [5.74, 6) is 0. The highest BCUT2D eigenvalue weighted by molar-refractivity contribution is 7.19. The quantitative estimate of drug-likeness (QED) is 0.746. The second-order valence-electron chi connectivity index (χ2n) is 6.64. The van der Waals surface area contributed by atoms with Gasteiger partial charge in [-0.1, -0.05) is 35.0 Å². The lowest BCUT2D eigenvalue weighted by atomic mass is 10.1. The zero-order valence-corrected chi connectivity index (χ0v) is 15.7. The molecule has 1 aliphatic heterocycles. The number of rotatable bonds is 4. The summed E-state index contributed by atoms with van der Waals surface area (Å²) in [7, 11) is 0.